The first-order valence-electron chi connectivity index (χ1n) is 7.64. The van der Waals surface area contributed by atoms with Crippen LogP contribution in [0.1, 0.15) is 65.2 Å². The first kappa shape index (κ1) is 16.8. The molecule has 0 saturated heterocycles. The lowest BCUT2D eigenvalue weighted by molar-refractivity contribution is -0.191. The van der Waals surface area contributed by atoms with E-state index in [1.807, 2.05) is 0 Å². The SMILES string of the molecule is CC12CC3(C)CC(CC(Br)Br)(C1)CC(CC(Br)Br)(C2)C3. The molecule has 0 amide bonds. The number of rotatable bonds is 4. The van der Waals surface area contributed by atoms with Gasteiger partial charge in [-0.1, -0.05) is 77.6 Å². The summed E-state index contributed by atoms with van der Waals surface area (Å²) in [7, 11) is 0. The van der Waals surface area contributed by atoms with Gasteiger partial charge in [-0.3, -0.25) is 0 Å². The molecule has 0 aliphatic heterocycles. The Hall–Kier alpha value is 1.92. The molecule has 4 fully saturated rings. The van der Waals surface area contributed by atoms with Crippen molar-refractivity contribution in [1.29, 1.82) is 0 Å². The highest BCUT2D eigenvalue weighted by molar-refractivity contribution is 9.25. The van der Waals surface area contributed by atoms with Crippen LogP contribution >= 0.6 is 63.7 Å². The van der Waals surface area contributed by atoms with E-state index in [-0.39, 0.29) is 0 Å². The lowest BCUT2D eigenvalue weighted by Crippen LogP contribution is -2.60. The molecule has 4 saturated carbocycles. The maximum absolute atomic E-state index is 3.77. The smallest absolute Gasteiger partial charge is 0.0703 e. The molecule has 0 heterocycles. The minimum Gasteiger partial charge on any atom is -0.0765 e. The van der Waals surface area contributed by atoms with Crippen molar-refractivity contribution in [1.82, 2.24) is 0 Å². The molecule has 4 bridgehead atoms. The van der Waals surface area contributed by atoms with Crippen molar-refractivity contribution in [3.63, 3.8) is 0 Å². The standard InChI is InChI=1S/C16H24Br4/c1-13-5-14(2)8-15(6-13,3-11(17)18)10-16(7-13,9-14)4-12(19)20/h11-12H,3-10H2,1-2H3. The van der Waals surface area contributed by atoms with E-state index in [1.54, 1.807) is 0 Å². The molecule has 0 unspecified atom stereocenters. The predicted molar refractivity (Wildman–Crippen MR) is 101 cm³/mol. The van der Waals surface area contributed by atoms with Crippen LogP contribution in [0.25, 0.3) is 0 Å². The van der Waals surface area contributed by atoms with Crippen LogP contribution in [0.15, 0.2) is 0 Å². The Bertz CT molecular complexity index is 353. The number of hydrogen-bond donors (Lipinski definition) is 0. The van der Waals surface area contributed by atoms with Crippen LogP contribution in [-0.4, -0.2) is 7.47 Å². The fourth-order valence-corrected chi connectivity index (χ4v) is 10.0. The molecule has 4 aliphatic rings. The Morgan fingerprint density at radius 1 is 0.650 bits per heavy atom. The third-order valence-corrected chi connectivity index (χ3v) is 7.28. The first-order valence-corrected chi connectivity index (χ1v) is 11.3. The summed E-state index contributed by atoms with van der Waals surface area (Å²) in [5, 5.41) is 0. The minimum absolute atomic E-state index is 0.472. The van der Waals surface area contributed by atoms with Crippen LogP contribution < -0.4 is 0 Å². The Labute approximate surface area is 157 Å². The monoisotopic (exact) mass is 532 g/mol. The Balaban J connectivity index is 1.96. The van der Waals surface area contributed by atoms with E-state index in [0.29, 0.717) is 29.1 Å². The normalized spacial score (nSPS) is 50.4. The topological polar surface area (TPSA) is 0 Å². The fraction of sp³-hybridized carbons (Fsp3) is 1.00. The Morgan fingerprint density at radius 2 is 1.00 bits per heavy atom. The zero-order valence-corrected chi connectivity index (χ0v) is 18.7. The fourth-order valence-electron chi connectivity index (χ4n) is 7.28. The number of alkyl halides is 4. The van der Waals surface area contributed by atoms with Crippen molar-refractivity contribution in [2.24, 2.45) is 21.7 Å². The van der Waals surface area contributed by atoms with Gasteiger partial charge in [0.2, 0.25) is 0 Å². The average molecular weight is 536 g/mol. The van der Waals surface area contributed by atoms with E-state index in [4.69, 9.17) is 0 Å². The van der Waals surface area contributed by atoms with Gasteiger partial charge in [-0.2, -0.15) is 0 Å². The molecule has 0 atom stereocenters. The summed E-state index contributed by atoms with van der Waals surface area (Å²) >= 11 is 15.1. The average Bonchev–Trinajstić information content (AvgIpc) is 2.03. The second-order valence-electron chi connectivity index (χ2n) is 8.87. The minimum atomic E-state index is 0.472. The van der Waals surface area contributed by atoms with Crippen LogP contribution in [0.5, 0.6) is 0 Å². The molecule has 0 nitrogen and oxygen atoms in total. The number of halogens is 4. The second-order valence-corrected chi connectivity index (χ2v) is 15.8. The summed E-state index contributed by atoms with van der Waals surface area (Å²) in [5.41, 5.74) is 2.27. The van der Waals surface area contributed by atoms with E-state index >= 15 is 0 Å². The van der Waals surface area contributed by atoms with Gasteiger partial charge in [-0.05, 0) is 73.0 Å². The molecule has 0 N–H and O–H groups in total. The van der Waals surface area contributed by atoms with Gasteiger partial charge in [0, 0.05) is 0 Å². The van der Waals surface area contributed by atoms with Gasteiger partial charge < -0.3 is 0 Å². The first-order chi connectivity index (χ1) is 9.08. The summed E-state index contributed by atoms with van der Waals surface area (Å²) in [5.74, 6) is 0. The molecule has 0 aromatic heterocycles. The largest absolute Gasteiger partial charge is 0.0765 e. The zero-order chi connectivity index (χ0) is 14.8. The van der Waals surface area contributed by atoms with Crippen molar-refractivity contribution < 1.29 is 0 Å². The zero-order valence-electron chi connectivity index (χ0n) is 12.3. The van der Waals surface area contributed by atoms with Crippen molar-refractivity contribution in [2.75, 3.05) is 0 Å². The molecule has 4 aliphatic carbocycles. The second kappa shape index (κ2) is 5.21. The summed E-state index contributed by atoms with van der Waals surface area (Å²) in [6, 6.07) is 0. The van der Waals surface area contributed by atoms with Crippen molar-refractivity contribution in [2.45, 2.75) is 72.7 Å². The molecular weight excluding hydrogens is 512 g/mol. The summed E-state index contributed by atoms with van der Waals surface area (Å²) in [4.78, 5) is 0. The third kappa shape index (κ3) is 3.11. The van der Waals surface area contributed by atoms with Gasteiger partial charge in [0.05, 0.1) is 7.47 Å². The third-order valence-electron chi connectivity index (χ3n) is 5.99. The molecule has 20 heavy (non-hydrogen) atoms. The van der Waals surface area contributed by atoms with Crippen molar-refractivity contribution >= 4 is 63.7 Å². The van der Waals surface area contributed by atoms with Crippen LogP contribution in [0.2, 0.25) is 0 Å². The van der Waals surface area contributed by atoms with E-state index in [1.165, 1.54) is 51.4 Å². The van der Waals surface area contributed by atoms with Gasteiger partial charge in [-0.15, -0.1) is 0 Å². The van der Waals surface area contributed by atoms with E-state index in [0.717, 1.165) is 0 Å². The highest BCUT2D eigenvalue weighted by Gasteiger charge is 2.65. The van der Waals surface area contributed by atoms with Gasteiger partial charge in [0.1, 0.15) is 0 Å². The molecule has 0 spiro atoms. The summed E-state index contributed by atoms with van der Waals surface area (Å²) < 4.78 is 0.943. The van der Waals surface area contributed by atoms with E-state index < -0.39 is 0 Å². The van der Waals surface area contributed by atoms with Gasteiger partial charge in [0.15, 0.2) is 0 Å². The predicted octanol–water partition coefficient (Wildman–Crippen LogP) is 7.37. The maximum Gasteiger partial charge on any atom is 0.0703 e. The van der Waals surface area contributed by atoms with Gasteiger partial charge >= 0.3 is 0 Å². The summed E-state index contributed by atoms with van der Waals surface area (Å²) in [6.45, 7) is 5.14. The summed E-state index contributed by atoms with van der Waals surface area (Å²) in [6.07, 6.45) is 11.2. The van der Waals surface area contributed by atoms with Crippen LogP contribution in [-0.2, 0) is 0 Å². The van der Waals surface area contributed by atoms with E-state index in [2.05, 4.69) is 77.6 Å². The quantitative estimate of drug-likeness (QED) is 0.330. The molecule has 0 radical (unpaired) electrons. The highest BCUT2D eigenvalue weighted by atomic mass is 79.9. The Morgan fingerprint density at radius 3 is 1.30 bits per heavy atom. The number of hydrogen-bond acceptors (Lipinski definition) is 0. The molecule has 0 aromatic rings. The molecular formula is C16H24Br4. The molecule has 4 rings (SSSR count). The van der Waals surface area contributed by atoms with Crippen LogP contribution in [0.4, 0.5) is 0 Å². The lowest BCUT2D eigenvalue weighted by atomic mass is 9.35. The maximum atomic E-state index is 3.77. The Kier molecular flexibility index (Phi) is 4.37. The van der Waals surface area contributed by atoms with E-state index in [9.17, 15) is 0 Å². The lowest BCUT2D eigenvalue weighted by Gasteiger charge is -2.70. The molecule has 116 valence electrons. The van der Waals surface area contributed by atoms with Crippen LogP contribution in [0, 0.1) is 21.7 Å². The van der Waals surface area contributed by atoms with Gasteiger partial charge in [-0.25, -0.2) is 0 Å². The molecule has 0 aromatic carbocycles. The molecule has 4 heteroatoms. The van der Waals surface area contributed by atoms with Crippen molar-refractivity contribution in [3.05, 3.63) is 0 Å². The van der Waals surface area contributed by atoms with Gasteiger partial charge in [0.25, 0.3) is 0 Å². The van der Waals surface area contributed by atoms with Crippen LogP contribution in [0.3, 0.4) is 0 Å². The van der Waals surface area contributed by atoms with Crippen molar-refractivity contribution in [3.8, 4) is 0 Å². The highest BCUT2D eigenvalue weighted by Crippen LogP contribution is 2.76.